The van der Waals surface area contributed by atoms with Gasteiger partial charge in [-0.2, -0.15) is 0 Å². The fraction of sp³-hybridized carbons (Fsp3) is 0.238. The summed E-state index contributed by atoms with van der Waals surface area (Å²) in [5, 5.41) is 16.3. The number of non-ortho nitro benzene ring substituents is 1. The fourth-order valence-electron chi connectivity index (χ4n) is 2.52. The Morgan fingerprint density at radius 1 is 1.17 bits per heavy atom. The van der Waals surface area contributed by atoms with Crippen molar-refractivity contribution in [3.8, 4) is 5.75 Å². The van der Waals surface area contributed by atoms with Crippen molar-refractivity contribution >= 4 is 35.0 Å². The van der Waals surface area contributed by atoms with Crippen LogP contribution in [0.1, 0.15) is 31.7 Å². The van der Waals surface area contributed by atoms with Crippen molar-refractivity contribution in [2.45, 2.75) is 26.2 Å². The van der Waals surface area contributed by atoms with Crippen LogP contribution < -0.4 is 15.4 Å². The smallest absolute Gasteiger partial charge is 0.270 e. The molecule has 0 heterocycles. The number of anilines is 2. The Hall–Kier alpha value is -3.68. The number of nitro groups is 1. The zero-order chi connectivity index (χ0) is 21.2. The van der Waals surface area contributed by atoms with Gasteiger partial charge >= 0.3 is 0 Å². The molecule has 0 bridgehead atoms. The molecule has 0 aliphatic carbocycles. The third-order valence-corrected chi connectivity index (χ3v) is 4.01. The first-order valence-electron chi connectivity index (χ1n) is 9.14. The molecule has 0 fully saturated rings. The summed E-state index contributed by atoms with van der Waals surface area (Å²) >= 11 is 0. The second-order valence-corrected chi connectivity index (χ2v) is 6.24. The molecule has 0 atom stereocenters. The molecule has 0 unspecified atom stereocenters. The second kappa shape index (κ2) is 10.6. The van der Waals surface area contributed by atoms with Crippen molar-refractivity contribution in [3.05, 3.63) is 64.2 Å². The molecule has 8 nitrogen and oxygen atoms in total. The Labute approximate surface area is 168 Å². The number of amides is 2. The summed E-state index contributed by atoms with van der Waals surface area (Å²) in [5.41, 5.74) is 1.51. The van der Waals surface area contributed by atoms with Crippen LogP contribution in [0.5, 0.6) is 5.75 Å². The van der Waals surface area contributed by atoms with Crippen molar-refractivity contribution in [1.82, 2.24) is 0 Å². The first kappa shape index (κ1) is 21.6. The Morgan fingerprint density at radius 3 is 2.66 bits per heavy atom. The zero-order valence-electron chi connectivity index (χ0n) is 16.3. The molecule has 2 amide bonds. The van der Waals surface area contributed by atoms with Crippen molar-refractivity contribution in [1.29, 1.82) is 0 Å². The molecule has 0 aromatic heterocycles. The van der Waals surface area contributed by atoms with Crippen LogP contribution in [0.4, 0.5) is 17.1 Å². The fourth-order valence-corrected chi connectivity index (χ4v) is 2.52. The van der Waals surface area contributed by atoms with Crippen molar-refractivity contribution < 1.29 is 19.2 Å². The highest BCUT2D eigenvalue weighted by Gasteiger charge is 2.09. The van der Waals surface area contributed by atoms with Crippen LogP contribution in [-0.2, 0) is 9.59 Å². The average Bonchev–Trinajstić information content (AvgIpc) is 2.72. The molecule has 2 N–H and O–H groups in total. The van der Waals surface area contributed by atoms with Crippen LogP contribution in [-0.4, -0.2) is 23.8 Å². The van der Waals surface area contributed by atoms with Crippen molar-refractivity contribution in [2.75, 3.05) is 17.7 Å². The molecule has 2 rings (SSSR count). The molecular formula is C21H23N3O5. The summed E-state index contributed by atoms with van der Waals surface area (Å²) < 4.78 is 5.29. The van der Waals surface area contributed by atoms with Gasteiger partial charge in [0, 0.05) is 36.4 Å². The SMILES string of the molecule is CCCCC(=O)Nc1ccc(NC(=O)C=Cc2cccc([N+](=O)[O-])c2)cc1OC. The maximum atomic E-state index is 12.1. The maximum absolute atomic E-state index is 12.1. The first-order chi connectivity index (χ1) is 13.9. The van der Waals surface area contributed by atoms with E-state index in [9.17, 15) is 19.7 Å². The zero-order valence-corrected chi connectivity index (χ0v) is 16.3. The topological polar surface area (TPSA) is 111 Å². The van der Waals surface area contributed by atoms with Gasteiger partial charge in [0.2, 0.25) is 11.8 Å². The van der Waals surface area contributed by atoms with E-state index in [0.29, 0.717) is 29.1 Å². The van der Waals surface area contributed by atoms with E-state index in [1.807, 2.05) is 6.92 Å². The molecule has 0 radical (unpaired) electrons. The Balaban J connectivity index is 2.03. The molecule has 2 aromatic carbocycles. The lowest BCUT2D eigenvalue weighted by Crippen LogP contribution is -2.12. The summed E-state index contributed by atoms with van der Waals surface area (Å²) in [6.45, 7) is 2.01. The molecule has 2 aromatic rings. The van der Waals surface area contributed by atoms with E-state index in [2.05, 4.69) is 10.6 Å². The van der Waals surface area contributed by atoms with E-state index in [-0.39, 0.29) is 11.6 Å². The van der Waals surface area contributed by atoms with Crippen molar-refractivity contribution in [2.24, 2.45) is 0 Å². The van der Waals surface area contributed by atoms with Gasteiger partial charge in [-0.1, -0.05) is 25.5 Å². The van der Waals surface area contributed by atoms with Crippen LogP contribution in [0.3, 0.4) is 0 Å². The summed E-state index contributed by atoms with van der Waals surface area (Å²) in [5.74, 6) is -0.0737. The van der Waals surface area contributed by atoms with Gasteiger partial charge < -0.3 is 15.4 Å². The number of ether oxygens (including phenoxy) is 1. The molecule has 0 saturated carbocycles. The third-order valence-electron chi connectivity index (χ3n) is 4.01. The normalized spacial score (nSPS) is 10.6. The number of rotatable bonds is 9. The average molecular weight is 397 g/mol. The Morgan fingerprint density at radius 2 is 1.97 bits per heavy atom. The van der Waals surface area contributed by atoms with E-state index in [1.54, 1.807) is 30.3 Å². The predicted molar refractivity (Wildman–Crippen MR) is 112 cm³/mol. The molecule has 29 heavy (non-hydrogen) atoms. The van der Waals surface area contributed by atoms with Gasteiger partial charge in [-0.15, -0.1) is 0 Å². The molecule has 0 spiro atoms. The van der Waals surface area contributed by atoms with E-state index >= 15 is 0 Å². The first-order valence-corrected chi connectivity index (χ1v) is 9.14. The number of nitro benzene ring substituents is 1. The standard InChI is InChI=1S/C21H23N3O5/c1-3-4-8-20(25)23-18-11-10-16(14-19(18)29-2)22-21(26)12-9-15-6-5-7-17(13-15)24(27)28/h5-7,9-14H,3-4,8H2,1-2H3,(H,22,26)(H,23,25). The van der Waals surface area contributed by atoms with E-state index in [1.165, 1.54) is 31.4 Å². The van der Waals surface area contributed by atoms with Crippen LogP contribution >= 0.6 is 0 Å². The summed E-state index contributed by atoms with van der Waals surface area (Å²) in [6.07, 6.45) is 4.94. The lowest BCUT2D eigenvalue weighted by atomic mass is 10.2. The minimum atomic E-state index is -0.494. The van der Waals surface area contributed by atoms with E-state index in [4.69, 9.17) is 4.74 Å². The van der Waals surface area contributed by atoms with Gasteiger partial charge in [-0.3, -0.25) is 19.7 Å². The van der Waals surface area contributed by atoms with Crippen LogP contribution in [0.25, 0.3) is 6.08 Å². The van der Waals surface area contributed by atoms with Crippen LogP contribution in [0.15, 0.2) is 48.5 Å². The van der Waals surface area contributed by atoms with Crippen LogP contribution in [0, 0.1) is 10.1 Å². The lowest BCUT2D eigenvalue weighted by molar-refractivity contribution is -0.384. The number of carbonyl (C=O) groups excluding carboxylic acids is 2. The van der Waals surface area contributed by atoms with Gasteiger partial charge in [-0.05, 0) is 30.2 Å². The van der Waals surface area contributed by atoms with Gasteiger partial charge in [0.25, 0.3) is 5.69 Å². The number of hydrogen-bond donors (Lipinski definition) is 2. The third kappa shape index (κ3) is 6.76. The molecule has 0 saturated heterocycles. The lowest BCUT2D eigenvalue weighted by Gasteiger charge is -2.12. The quantitative estimate of drug-likeness (QED) is 0.370. The number of unbranched alkanes of at least 4 members (excludes halogenated alkanes) is 1. The number of hydrogen-bond acceptors (Lipinski definition) is 5. The highest BCUT2D eigenvalue weighted by atomic mass is 16.6. The van der Waals surface area contributed by atoms with Gasteiger partial charge in [-0.25, -0.2) is 0 Å². The summed E-state index contributed by atoms with van der Waals surface area (Å²) in [7, 11) is 1.48. The van der Waals surface area contributed by atoms with Crippen LogP contribution in [0.2, 0.25) is 0 Å². The highest BCUT2D eigenvalue weighted by molar-refractivity contribution is 6.02. The minimum Gasteiger partial charge on any atom is -0.494 e. The highest BCUT2D eigenvalue weighted by Crippen LogP contribution is 2.28. The predicted octanol–water partition coefficient (Wildman–Crippen LogP) is 4.38. The minimum absolute atomic E-state index is 0.0473. The van der Waals surface area contributed by atoms with Crippen molar-refractivity contribution in [3.63, 3.8) is 0 Å². The molecule has 152 valence electrons. The van der Waals surface area contributed by atoms with E-state index < -0.39 is 10.8 Å². The number of nitrogens with one attached hydrogen (secondary N) is 2. The molecule has 0 aliphatic rings. The number of nitrogens with zero attached hydrogens (tertiary/aromatic N) is 1. The summed E-state index contributed by atoms with van der Waals surface area (Å²) in [6, 6.07) is 10.9. The van der Waals surface area contributed by atoms with Gasteiger partial charge in [0.05, 0.1) is 17.7 Å². The number of benzene rings is 2. The maximum Gasteiger partial charge on any atom is 0.270 e. The molecule has 0 aliphatic heterocycles. The Bertz CT molecular complexity index is 924. The number of carbonyl (C=O) groups is 2. The van der Waals surface area contributed by atoms with E-state index in [0.717, 1.165) is 12.8 Å². The van der Waals surface area contributed by atoms with Gasteiger partial charge in [0.15, 0.2) is 0 Å². The molecular weight excluding hydrogens is 374 g/mol. The largest absolute Gasteiger partial charge is 0.494 e. The Kier molecular flexibility index (Phi) is 7.90. The second-order valence-electron chi connectivity index (χ2n) is 6.24. The molecule has 8 heteroatoms. The monoisotopic (exact) mass is 397 g/mol. The van der Waals surface area contributed by atoms with Gasteiger partial charge in [0.1, 0.15) is 5.75 Å². The summed E-state index contributed by atoms with van der Waals surface area (Å²) in [4.78, 5) is 34.4. The number of methoxy groups -OCH3 is 1.